The zero-order valence-corrected chi connectivity index (χ0v) is 56.3. The van der Waals surface area contributed by atoms with Crippen molar-refractivity contribution in [3.8, 4) is 0 Å². The highest BCUT2D eigenvalue weighted by Crippen LogP contribution is 2.43. The highest BCUT2D eigenvalue weighted by molar-refractivity contribution is 5.48. The number of hydrogen-bond donors (Lipinski definition) is 3. The lowest BCUT2D eigenvalue weighted by atomic mass is 9.77. The van der Waals surface area contributed by atoms with E-state index in [0.717, 1.165) is 140 Å². The zero-order chi connectivity index (χ0) is 59.8. The van der Waals surface area contributed by atoms with Crippen LogP contribution in [-0.4, -0.2) is 168 Å². The van der Waals surface area contributed by atoms with Gasteiger partial charge in [-0.3, -0.25) is 19.6 Å². The molecule has 0 unspecified atom stereocenters. The van der Waals surface area contributed by atoms with Crippen LogP contribution in [0, 0.1) is 0 Å². The zero-order valence-electron chi connectivity index (χ0n) is 56.3. The summed E-state index contributed by atoms with van der Waals surface area (Å²) in [6.45, 7) is 45.8. The molecule has 0 radical (unpaired) electrons. The van der Waals surface area contributed by atoms with Crippen molar-refractivity contribution in [2.45, 2.75) is 332 Å². The second kappa shape index (κ2) is 33.1. The van der Waals surface area contributed by atoms with Crippen LogP contribution in [0.5, 0.6) is 0 Å². The summed E-state index contributed by atoms with van der Waals surface area (Å²) in [5, 5.41) is 11.3. The number of rotatable bonds is 35. The average molecular weight is 1160 g/mol. The molecule has 2 aromatic heterocycles. The highest BCUT2D eigenvalue weighted by atomic mass is 15.4. The quantitative estimate of drug-likeness (QED) is 0.0446. The molecule has 3 saturated heterocycles. The van der Waals surface area contributed by atoms with Crippen molar-refractivity contribution in [3.63, 3.8) is 0 Å². The minimum atomic E-state index is 0. The Bertz CT molecular complexity index is 2020. The van der Waals surface area contributed by atoms with Gasteiger partial charge in [0, 0.05) is 84.1 Å². The predicted octanol–water partition coefficient (Wildman–Crippen LogP) is 15.6. The van der Waals surface area contributed by atoms with Crippen molar-refractivity contribution < 1.29 is 0 Å². The third kappa shape index (κ3) is 20.9. The van der Waals surface area contributed by atoms with Crippen molar-refractivity contribution in [1.29, 1.82) is 0 Å². The van der Waals surface area contributed by atoms with Crippen LogP contribution in [0.1, 0.15) is 280 Å². The maximum Gasteiger partial charge on any atom is 0.232 e. The van der Waals surface area contributed by atoms with Crippen molar-refractivity contribution in [2.75, 3.05) is 97.9 Å². The molecule has 3 aliphatic rings. The summed E-state index contributed by atoms with van der Waals surface area (Å²) in [5.41, 5.74) is 0.0914. The van der Waals surface area contributed by atoms with Gasteiger partial charge in [-0.25, -0.2) is 0 Å². The molecule has 3 N–H and O–H groups in total. The second-order valence-electron chi connectivity index (χ2n) is 29.1. The minimum Gasteiger partial charge on any atom is -0.354 e. The van der Waals surface area contributed by atoms with Gasteiger partial charge in [0.1, 0.15) is 0 Å². The smallest absolute Gasteiger partial charge is 0.232 e. The van der Waals surface area contributed by atoms with Crippen LogP contribution in [0.15, 0.2) is 0 Å². The first-order valence-electron chi connectivity index (χ1n) is 33.1. The van der Waals surface area contributed by atoms with Gasteiger partial charge in [0.2, 0.25) is 35.7 Å². The summed E-state index contributed by atoms with van der Waals surface area (Å²) in [6, 6.07) is 0.851. The Hall–Kier alpha value is -3.34. The van der Waals surface area contributed by atoms with Crippen molar-refractivity contribution in [1.82, 2.24) is 49.5 Å². The van der Waals surface area contributed by atoms with E-state index in [1.807, 2.05) is 0 Å². The molecule has 482 valence electrons. The molecule has 3 aliphatic heterocycles. The molecule has 5 rings (SSSR count). The Labute approximate surface area is 512 Å². The highest BCUT2D eigenvalue weighted by Gasteiger charge is 2.48. The summed E-state index contributed by atoms with van der Waals surface area (Å²) in [6.07, 6.45) is 26.7. The van der Waals surface area contributed by atoms with Gasteiger partial charge in [0.05, 0.1) is 13.3 Å². The minimum absolute atomic E-state index is 0. The fraction of sp³-hybridized carbons (Fsp3) is 0.910. The molecule has 0 saturated carbocycles. The van der Waals surface area contributed by atoms with E-state index in [0.29, 0.717) is 37.2 Å². The van der Waals surface area contributed by atoms with E-state index < -0.39 is 0 Å². The van der Waals surface area contributed by atoms with Gasteiger partial charge < -0.3 is 30.7 Å². The first-order chi connectivity index (χ1) is 38.1. The van der Waals surface area contributed by atoms with Crippen LogP contribution in [0.2, 0.25) is 0 Å². The molecule has 0 bridgehead atoms. The fourth-order valence-electron chi connectivity index (χ4n) is 14.0. The molecule has 83 heavy (non-hydrogen) atoms. The average Bonchev–Trinajstić information content (AvgIpc) is 3.61. The summed E-state index contributed by atoms with van der Waals surface area (Å²) >= 11 is 0. The van der Waals surface area contributed by atoms with E-state index in [1.54, 1.807) is 0 Å². The molecule has 3 fully saturated rings. The topological polar surface area (TPSA) is 136 Å². The molecule has 0 atom stereocenters. The monoisotopic (exact) mass is 1160 g/mol. The molecule has 0 aliphatic carbocycles. The number of hydrogen-bond acceptors (Lipinski definition) is 16. The van der Waals surface area contributed by atoms with Gasteiger partial charge in [-0.2, -0.15) is 29.9 Å². The number of nitrogens with one attached hydrogen (secondary N) is 3. The van der Waals surface area contributed by atoms with Crippen LogP contribution in [0.4, 0.5) is 35.7 Å². The predicted molar refractivity (Wildman–Crippen MR) is 361 cm³/mol. The number of likely N-dealkylation sites (tertiary alicyclic amines) is 3. The summed E-state index contributed by atoms with van der Waals surface area (Å²) < 4.78 is 0. The number of unbranched alkanes of at least 4 members (excludes halogenated alkanes) is 12. The summed E-state index contributed by atoms with van der Waals surface area (Å²) in [7, 11) is 6.91. The third-order valence-corrected chi connectivity index (χ3v) is 19.7. The van der Waals surface area contributed by atoms with Crippen molar-refractivity contribution >= 4 is 35.7 Å². The maximum absolute atomic E-state index is 5.65. The van der Waals surface area contributed by atoms with E-state index in [1.165, 1.54) is 57.8 Å². The molecule has 16 nitrogen and oxygen atoms in total. The third-order valence-electron chi connectivity index (χ3n) is 19.7. The van der Waals surface area contributed by atoms with Gasteiger partial charge in [0.25, 0.3) is 0 Å². The second-order valence-corrected chi connectivity index (χ2v) is 29.1. The van der Waals surface area contributed by atoms with E-state index >= 15 is 0 Å². The van der Waals surface area contributed by atoms with Crippen molar-refractivity contribution in [2.24, 2.45) is 0 Å². The standard InChI is InChI=1S/C65H126N16.2CH4/c1-21-26-30-31-32-33-34-35-36-37-40-78(49-67-55-69-54(66-38-27-22-2)70-57(71-55)79(39-25-5)51-43-60(6,7)75(18)61(8,9)44-51)50-68-56-72-58(80(41-28-23-3)52-45-62(10,11)76(19)63(12,13)46-52)74-59(73-56)81(42-29-24-4)53-47-64(14,15)77(20)65(16,17)48-53;;/h51-53H,21-50H2,1-20H3,(H,68,72,73,74)(H2,66,67,69,70,71);2*1H4. The number of aromatic nitrogens is 6. The molecule has 5 heterocycles. The van der Waals surface area contributed by atoms with Crippen LogP contribution < -0.4 is 30.7 Å². The number of piperidine rings is 3. The van der Waals surface area contributed by atoms with E-state index in [4.69, 9.17) is 29.9 Å². The lowest BCUT2D eigenvalue weighted by Gasteiger charge is -2.56. The van der Waals surface area contributed by atoms with Crippen LogP contribution >= 0.6 is 0 Å². The summed E-state index contributed by atoms with van der Waals surface area (Å²) in [5.74, 6) is 4.26. The largest absolute Gasteiger partial charge is 0.354 e. The van der Waals surface area contributed by atoms with E-state index in [-0.39, 0.29) is 60.2 Å². The molecule has 0 spiro atoms. The Kier molecular flexibility index (Phi) is 29.5. The molecule has 2 aromatic rings. The van der Waals surface area contributed by atoms with E-state index in [9.17, 15) is 0 Å². The Morgan fingerprint density at radius 3 is 1.00 bits per heavy atom. The van der Waals surface area contributed by atoms with Crippen LogP contribution in [-0.2, 0) is 0 Å². The molecular formula is C67H134N16. The van der Waals surface area contributed by atoms with Crippen molar-refractivity contribution in [3.05, 3.63) is 0 Å². The van der Waals surface area contributed by atoms with Crippen LogP contribution in [0.25, 0.3) is 0 Å². The maximum atomic E-state index is 5.65. The van der Waals surface area contributed by atoms with E-state index in [2.05, 4.69) is 189 Å². The first kappa shape index (κ1) is 73.9. The molecule has 0 amide bonds. The van der Waals surface area contributed by atoms with Gasteiger partial charge >= 0.3 is 0 Å². The molecular weight excluding hydrogens is 1030 g/mol. The lowest BCUT2D eigenvalue weighted by Crippen LogP contribution is -2.63. The molecule has 0 aromatic carbocycles. The lowest BCUT2D eigenvalue weighted by molar-refractivity contribution is -0.0133. The SMILES string of the molecule is C.C.CCCCCCCCCCCCN(CNc1nc(NCCCC)nc(N(CCC)C2CC(C)(C)N(C)C(C)(C)C2)n1)CNc1nc(N(CCCC)C2CC(C)(C)N(C)C(C)(C)C2)nc(N(CCCC)C2CC(C)(C)N(C)C(C)(C)C2)n1. The Balaban J connectivity index is 0.00000903. The Morgan fingerprint density at radius 2 is 0.651 bits per heavy atom. The van der Waals surface area contributed by atoms with Gasteiger partial charge in [0.15, 0.2) is 0 Å². The molecule has 16 heteroatoms. The normalized spacial score (nSPS) is 19.9. The first-order valence-corrected chi connectivity index (χ1v) is 33.1. The fourth-order valence-corrected chi connectivity index (χ4v) is 14.0. The Morgan fingerprint density at radius 1 is 0.349 bits per heavy atom. The van der Waals surface area contributed by atoms with Gasteiger partial charge in [-0.1, -0.05) is 127 Å². The van der Waals surface area contributed by atoms with Gasteiger partial charge in [-0.15, -0.1) is 0 Å². The van der Waals surface area contributed by atoms with Gasteiger partial charge in [-0.05, 0) is 175 Å². The number of nitrogens with zero attached hydrogens (tertiary/aromatic N) is 13. The van der Waals surface area contributed by atoms with Crippen LogP contribution in [0.3, 0.4) is 0 Å². The summed E-state index contributed by atoms with van der Waals surface area (Å²) in [4.78, 5) is 50.1. The number of anilines is 6.